The van der Waals surface area contributed by atoms with Crippen LogP contribution in [-0.4, -0.2) is 37.7 Å². The number of ether oxygens (including phenoxy) is 2. The van der Waals surface area contributed by atoms with Crippen LogP contribution in [0.15, 0.2) is 72.3 Å². The summed E-state index contributed by atoms with van der Waals surface area (Å²) in [6.07, 6.45) is 0. The average Bonchev–Trinajstić information content (AvgIpc) is 3.41. The van der Waals surface area contributed by atoms with Gasteiger partial charge < -0.3 is 19.5 Å². The van der Waals surface area contributed by atoms with Crippen LogP contribution in [0.4, 0.5) is 11.4 Å². The van der Waals surface area contributed by atoms with Crippen molar-refractivity contribution in [3.05, 3.63) is 89.0 Å². The fourth-order valence-corrected chi connectivity index (χ4v) is 4.27. The maximum Gasteiger partial charge on any atom is 0.300 e. The molecule has 1 N–H and O–H groups in total. The number of anilines is 2. The highest BCUT2D eigenvalue weighted by atomic mass is 16.7. The molecule has 7 heteroatoms. The molecule has 2 aliphatic heterocycles. The van der Waals surface area contributed by atoms with Gasteiger partial charge in [-0.25, -0.2) is 0 Å². The molecule has 3 aromatic carbocycles. The van der Waals surface area contributed by atoms with Crippen LogP contribution >= 0.6 is 0 Å². The van der Waals surface area contributed by atoms with Crippen molar-refractivity contribution in [3.8, 4) is 11.5 Å². The van der Waals surface area contributed by atoms with E-state index in [1.807, 2.05) is 74.4 Å². The van der Waals surface area contributed by atoms with E-state index in [1.165, 1.54) is 4.90 Å². The molecule has 1 fully saturated rings. The Kier molecular flexibility index (Phi) is 5.24. The van der Waals surface area contributed by atoms with E-state index in [1.54, 1.807) is 18.2 Å². The number of hydrogen-bond donors (Lipinski definition) is 1. The van der Waals surface area contributed by atoms with Gasteiger partial charge in [0, 0.05) is 31.0 Å². The van der Waals surface area contributed by atoms with E-state index in [0.717, 1.165) is 11.3 Å². The fourth-order valence-electron chi connectivity index (χ4n) is 4.27. The molecule has 0 bridgehead atoms. The molecule has 1 saturated heterocycles. The van der Waals surface area contributed by atoms with Crippen molar-refractivity contribution in [2.24, 2.45) is 0 Å². The molecule has 1 amide bonds. The minimum atomic E-state index is -0.788. The number of rotatable bonds is 4. The third-order valence-corrected chi connectivity index (χ3v) is 6.13. The first kappa shape index (κ1) is 21.6. The number of carbonyl (C=O) groups is 2. The van der Waals surface area contributed by atoms with Gasteiger partial charge in [-0.3, -0.25) is 14.5 Å². The first-order valence-electron chi connectivity index (χ1n) is 10.9. The van der Waals surface area contributed by atoms with Crippen molar-refractivity contribution in [3.63, 3.8) is 0 Å². The quantitative estimate of drug-likeness (QED) is 0.356. The zero-order chi connectivity index (χ0) is 24.0. The number of aliphatic hydroxyl groups is 1. The summed E-state index contributed by atoms with van der Waals surface area (Å²) in [5, 5.41) is 11.3. The van der Waals surface area contributed by atoms with Gasteiger partial charge in [0.05, 0.1) is 11.6 Å². The number of aryl methyl sites for hydroxylation is 1. The summed E-state index contributed by atoms with van der Waals surface area (Å²) >= 11 is 0. The minimum absolute atomic E-state index is 0.0297. The summed E-state index contributed by atoms with van der Waals surface area (Å²) in [6, 6.07) is 19.1. The Morgan fingerprint density at radius 1 is 0.941 bits per heavy atom. The lowest BCUT2D eigenvalue weighted by Gasteiger charge is -2.26. The molecule has 1 unspecified atom stereocenters. The van der Waals surface area contributed by atoms with E-state index in [4.69, 9.17) is 9.47 Å². The lowest BCUT2D eigenvalue weighted by molar-refractivity contribution is -0.132. The van der Waals surface area contributed by atoms with E-state index in [2.05, 4.69) is 0 Å². The highest BCUT2D eigenvalue weighted by molar-refractivity contribution is 6.51. The molecular formula is C27H24N2O5. The van der Waals surface area contributed by atoms with Gasteiger partial charge in [0.15, 0.2) is 11.5 Å². The van der Waals surface area contributed by atoms with Crippen molar-refractivity contribution in [2.45, 2.75) is 13.0 Å². The molecule has 0 spiro atoms. The van der Waals surface area contributed by atoms with Gasteiger partial charge >= 0.3 is 0 Å². The number of fused-ring (bicyclic) bond motifs is 1. The molecule has 0 aromatic heterocycles. The summed E-state index contributed by atoms with van der Waals surface area (Å²) in [4.78, 5) is 30.0. The van der Waals surface area contributed by atoms with Gasteiger partial charge in [-0.15, -0.1) is 0 Å². The van der Waals surface area contributed by atoms with Gasteiger partial charge in [0.1, 0.15) is 5.76 Å². The third kappa shape index (κ3) is 3.55. The Morgan fingerprint density at radius 2 is 1.62 bits per heavy atom. The van der Waals surface area contributed by atoms with Gasteiger partial charge in [0.2, 0.25) is 6.79 Å². The predicted octanol–water partition coefficient (Wildman–Crippen LogP) is 4.42. The van der Waals surface area contributed by atoms with Crippen molar-refractivity contribution < 1.29 is 24.2 Å². The van der Waals surface area contributed by atoms with Gasteiger partial charge in [-0.1, -0.05) is 29.8 Å². The number of carbonyl (C=O) groups excluding carboxylic acids is 2. The minimum Gasteiger partial charge on any atom is -0.507 e. The van der Waals surface area contributed by atoms with E-state index in [9.17, 15) is 14.7 Å². The first-order chi connectivity index (χ1) is 16.3. The molecule has 7 nitrogen and oxygen atoms in total. The van der Waals surface area contributed by atoms with Crippen LogP contribution < -0.4 is 19.3 Å². The molecule has 1 atom stereocenters. The average molecular weight is 456 g/mol. The first-order valence-corrected chi connectivity index (χ1v) is 10.9. The maximum absolute atomic E-state index is 13.3. The topological polar surface area (TPSA) is 79.3 Å². The van der Waals surface area contributed by atoms with E-state index >= 15 is 0 Å². The van der Waals surface area contributed by atoms with Crippen LogP contribution in [0.2, 0.25) is 0 Å². The molecule has 0 saturated carbocycles. The summed E-state index contributed by atoms with van der Waals surface area (Å²) in [7, 11) is 3.88. The SMILES string of the molecule is Cc1ccc(N2C(=O)C(=O)/C(=C(\O)c3ccc4c(c3)OCO4)C2c2ccc(N(C)C)cc2)cc1. The Morgan fingerprint density at radius 3 is 2.29 bits per heavy atom. The van der Waals surface area contributed by atoms with Crippen LogP contribution in [-0.2, 0) is 9.59 Å². The molecule has 172 valence electrons. The fraction of sp³-hybridized carbons (Fsp3) is 0.185. The third-order valence-electron chi connectivity index (χ3n) is 6.13. The second-order valence-corrected chi connectivity index (χ2v) is 8.56. The number of benzene rings is 3. The van der Waals surface area contributed by atoms with Crippen LogP contribution in [0, 0.1) is 6.92 Å². The second-order valence-electron chi connectivity index (χ2n) is 8.56. The maximum atomic E-state index is 13.3. The molecule has 34 heavy (non-hydrogen) atoms. The van der Waals surface area contributed by atoms with Crippen LogP contribution in [0.5, 0.6) is 11.5 Å². The predicted molar refractivity (Wildman–Crippen MR) is 129 cm³/mol. The Hall–Kier alpha value is -4.26. The molecule has 0 aliphatic carbocycles. The smallest absolute Gasteiger partial charge is 0.300 e. The lowest BCUT2D eigenvalue weighted by atomic mass is 9.94. The van der Waals surface area contributed by atoms with Gasteiger partial charge in [0.25, 0.3) is 11.7 Å². The molecule has 2 heterocycles. The van der Waals surface area contributed by atoms with Crippen LogP contribution in [0.25, 0.3) is 5.76 Å². The van der Waals surface area contributed by atoms with Crippen molar-refractivity contribution in [1.29, 1.82) is 0 Å². The molecule has 3 aromatic rings. The number of aliphatic hydroxyl groups excluding tert-OH is 1. The summed E-state index contributed by atoms with van der Waals surface area (Å²) in [6.45, 7) is 2.05. The standard InChI is InChI=1S/C27H24N2O5/c1-16-4-9-20(10-5-16)29-24(17-6-11-19(12-7-17)28(2)3)23(26(31)27(29)32)25(30)18-8-13-21-22(14-18)34-15-33-21/h4-14,24,30H,15H2,1-3H3/b25-23-. The highest BCUT2D eigenvalue weighted by Crippen LogP contribution is 2.43. The molecule has 5 rings (SSSR count). The monoisotopic (exact) mass is 456 g/mol. The van der Waals surface area contributed by atoms with Crippen LogP contribution in [0.1, 0.15) is 22.7 Å². The van der Waals surface area contributed by atoms with Crippen molar-refractivity contribution in [1.82, 2.24) is 0 Å². The van der Waals surface area contributed by atoms with E-state index in [0.29, 0.717) is 28.3 Å². The number of amides is 1. The molecule has 2 aliphatic rings. The summed E-state index contributed by atoms with van der Waals surface area (Å²) < 4.78 is 10.8. The second kappa shape index (κ2) is 8.26. The number of Topliss-reactive ketones (excluding diaryl/α,β-unsaturated/α-hetero) is 1. The highest BCUT2D eigenvalue weighted by Gasteiger charge is 2.47. The number of nitrogens with zero attached hydrogens (tertiary/aromatic N) is 2. The number of hydrogen-bond acceptors (Lipinski definition) is 6. The Bertz CT molecular complexity index is 1310. The zero-order valence-corrected chi connectivity index (χ0v) is 19.1. The molecular weight excluding hydrogens is 432 g/mol. The summed E-state index contributed by atoms with van der Waals surface area (Å²) in [5.41, 5.74) is 3.72. The lowest BCUT2D eigenvalue weighted by Crippen LogP contribution is -2.29. The van der Waals surface area contributed by atoms with E-state index in [-0.39, 0.29) is 18.1 Å². The Balaban J connectivity index is 1.68. The van der Waals surface area contributed by atoms with Gasteiger partial charge in [-0.05, 0) is 55.0 Å². The van der Waals surface area contributed by atoms with Crippen molar-refractivity contribution in [2.75, 3.05) is 30.7 Å². The van der Waals surface area contributed by atoms with Crippen LogP contribution in [0.3, 0.4) is 0 Å². The molecule has 0 radical (unpaired) electrons. The van der Waals surface area contributed by atoms with Gasteiger partial charge in [-0.2, -0.15) is 0 Å². The van der Waals surface area contributed by atoms with E-state index < -0.39 is 17.7 Å². The number of ketones is 1. The largest absolute Gasteiger partial charge is 0.507 e. The Labute approximate surface area is 197 Å². The zero-order valence-electron chi connectivity index (χ0n) is 19.1. The summed E-state index contributed by atoms with van der Waals surface area (Å²) in [5.74, 6) is -0.644. The van der Waals surface area contributed by atoms with Crippen molar-refractivity contribution >= 4 is 28.8 Å². The normalized spacial score (nSPS) is 18.4.